The minimum absolute atomic E-state index is 0.0530. The molecule has 0 heterocycles. The highest BCUT2D eigenvalue weighted by molar-refractivity contribution is 8.00. The third-order valence-corrected chi connectivity index (χ3v) is 4.58. The summed E-state index contributed by atoms with van der Waals surface area (Å²) >= 11 is 1.74. The van der Waals surface area contributed by atoms with Gasteiger partial charge in [0.2, 0.25) is 0 Å². The van der Waals surface area contributed by atoms with Gasteiger partial charge in [0.25, 0.3) is 0 Å². The second-order valence-electron chi connectivity index (χ2n) is 4.57. The number of Topliss-reactive ketones (excluding diaryl/α,β-unsaturated/α-hetero) is 1. The zero-order valence-electron chi connectivity index (χ0n) is 10.0. The lowest BCUT2D eigenvalue weighted by Gasteiger charge is -2.21. The number of hydrogen-bond acceptors (Lipinski definition) is 2. The van der Waals surface area contributed by atoms with Gasteiger partial charge in [0.1, 0.15) is 5.82 Å². The molecule has 17 heavy (non-hydrogen) atoms. The van der Waals surface area contributed by atoms with Gasteiger partial charge in [0.15, 0.2) is 5.78 Å². The molecule has 92 valence electrons. The van der Waals surface area contributed by atoms with Crippen LogP contribution < -0.4 is 0 Å². The molecule has 0 radical (unpaired) electrons. The molecule has 1 aromatic carbocycles. The molecule has 1 aliphatic carbocycles. The lowest BCUT2D eigenvalue weighted by atomic mass is 10.0. The van der Waals surface area contributed by atoms with E-state index in [9.17, 15) is 9.18 Å². The van der Waals surface area contributed by atoms with Crippen molar-refractivity contribution in [2.45, 2.75) is 49.2 Å². The molecule has 0 bridgehead atoms. The number of hydrogen-bond donors (Lipinski definition) is 0. The van der Waals surface area contributed by atoms with Crippen LogP contribution in [0.1, 0.15) is 49.4 Å². The van der Waals surface area contributed by atoms with Crippen LogP contribution in [-0.2, 0) is 0 Å². The van der Waals surface area contributed by atoms with E-state index >= 15 is 0 Å². The molecule has 1 saturated carbocycles. The lowest BCUT2D eigenvalue weighted by Crippen LogP contribution is -2.09. The third kappa shape index (κ3) is 3.32. The summed E-state index contributed by atoms with van der Waals surface area (Å²) in [5.74, 6) is -0.383. The van der Waals surface area contributed by atoms with E-state index in [2.05, 4.69) is 0 Å². The molecule has 1 aromatic rings. The minimum atomic E-state index is -0.330. The Bertz CT molecular complexity index is 411. The smallest absolute Gasteiger partial charge is 0.161 e. The normalized spacial score (nSPS) is 17.1. The molecule has 0 amide bonds. The first-order valence-corrected chi connectivity index (χ1v) is 7.02. The van der Waals surface area contributed by atoms with Crippen LogP contribution in [0.2, 0.25) is 0 Å². The fraction of sp³-hybridized carbons (Fsp3) is 0.500. The van der Waals surface area contributed by atoms with E-state index in [1.807, 2.05) is 0 Å². The Morgan fingerprint density at radius 3 is 2.65 bits per heavy atom. The molecular formula is C14H17FOS. The number of benzene rings is 1. The van der Waals surface area contributed by atoms with Crippen molar-refractivity contribution in [3.8, 4) is 0 Å². The Morgan fingerprint density at radius 2 is 2.00 bits per heavy atom. The summed E-state index contributed by atoms with van der Waals surface area (Å²) in [5, 5.41) is 0.590. The largest absolute Gasteiger partial charge is 0.294 e. The van der Waals surface area contributed by atoms with E-state index in [-0.39, 0.29) is 11.6 Å². The van der Waals surface area contributed by atoms with Crippen LogP contribution in [0.4, 0.5) is 4.39 Å². The van der Waals surface area contributed by atoms with Crippen LogP contribution in [0, 0.1) is 5.82 Å². The Labute approximate surface area is 106 Å². The van der Waals surface area contributed by atoms with Gasteiger partial charge in [-0.1, -0.05) is 19.3 Å². The average Bonchev–Trinajstić information content (AvgIpc) is 2.32. The van der Waals surface area contributed by atoms with Crippen LogP contribution in [0.25, 0.3) is 0 Å². The summed E-state index contributed by atoms with van der Waals surface area (Å²) in [6.45, 7) is 1.50. The molecule has 0 N–H and O–H groups in total. The number of rotatable bonds is 3. The van der Waals surface area contributed by atoms with Crippen LogP contribution in [-0.4, -0.2) is 11.0 Å². The summed E-state index contributed by atoms with van der Waals surface area (Å²) < 4.78 is 13.1. The fourth-order valence-electron chi connectivity index (χ4n) is 2.24. The molecule has 0 saturated heterocycles. The van der Waals surface area contributed by atoms with E-state index in [4.69, 9.17) is 0 Å². The first-order valence-electron chi connectivity index (χ1n) is 6.14. The molecule has 0 unspecified atom stereocenters. The van der Waals surface area contributed by atoms with Crippen molar-refractivity contribution < 1.29 is 9.18 Å². The Hall–Kier alpha value is -0.830. The second kappa shape index (κ2) is 5.67. The maximum atomic E-state index is 13.1. The van der Waals surface area contributed by atoms with Crippen LogP contribution in [0.5, 0.6) is 0 Å². The number of ketones is 1. The van der Waals surface area contributed by atoms with Crippen molar-refractivity contribution in [3.05, 3.63) is 29.6 Å². The second-order valence-corrected chi connectivity index (χ2v) is 5.92. The van der Waals surface area contributed by atoms with Gasteiger partial charge in [-0.25, -0.2) is 4.39 Å². The predicted octanol–water partition coefficient (Wildman–Crippen LogP) is 4.45. The zero-order valence-corrected chi connectivity index (χ0v) is 10.9. The minimum Gasteiger partial charge on any atom is -0.294 e. The summed E-state index contributed by atoms with van der Waals surface area (Å²) in [6.07, 6.45) is 6.28. The molecule has 1 aliphatic rings. The molecular weight excluding hydrogens is 235 g/mol. The van der Waals surface area contributed by atoms with E-state index in [1.54, 1.807) is 17.8 Å². The first-order chi connectivity index (χ1) is 8.16. The quantitative estimate of drug-likeness (QED) is 0.739. The summed E-state index contributed by atoms with van der Waals surface area (Å²) in [6, 6.07) is 4.54. The van der Waals surface area contributed by atoms with Crippen molar-refractivity contribution in [2.75, 3.05) is 0 Å². The third-order valence-electron chi connectivity index (χ3n) is 3.17. The number of carbonyl (C=O) groups excluding carboxylic acids is 1. The standard InChI is InChI=1S/C14H17FOS/c1-10(16)13-9-11(15)7-8-14(13)17-12-5-3-2-4-6-12/h7-9,12H,2-6H2,1H3. The average molecular weight is 252 g/mol. The van der Waals surface area contributed by atoms with Gasteiger partial charge in [-0.15, -0.1) is 11.8 Å². The predicted molar refractivity (Wildman–Crippen MR) is 69.1 cm³/mol. The molecule has 1 nitrogen and oxygen atoms in total. The van der Waals surface area contributed by atoms with Crippen LogP contribution in [0.15, 0.2) is 23.1 Å². The van der Waals surface area contributed by atoms with Gasteiger partial charge in [-0.3, -0.25) is 4.79 Å². The van der Waals surface area contributed by atoms with E-state index in [1.165, 1.54) is 51.2 Å². The van der Waals surface area contributed by atoms with E-state index < -0.39 is 0 Å². The maximum Gasteiger partial charge on any atom is 0.161 e. The zero-order chi connectivity index (χ0) is 12.3. The van der Waals surface area contributed by atoms with Gasteiger partial charge < -0.3 is 0 Å². The summed E-state index contributed by atoms with van der Waals surface area (Å²) in [5.41, 5.74) is 0.528. The van der Waals surface area contributed by atoms with E-state index in [0.29, 0.717) is 10.8 Å². The summed E-state index contributed by atoms with van der Waals surface area (Å²) in [7, 11) is 0. The van der Waals surface area contributed by atoms with E-state index in [0.717, 1.165) is 4.90 Å². The monoisotopic (exact) mass is 252 g/mol. The molecule has 1 fully saturated rings. The van der Waals surface area contributed by atoms with Crippen molar-refractivity contribution in [2.24, 2.45) is 0 Å². The Kier molecular flexibility index (Phi) is 4.21. The highest BCUT2D eigenvalue weighted by Gasteiger charge is 2.17. The molecule has 0 aromatic heterocycles. The van der Waals surface area contributed by atoms with Crippen molar-refractivity contribution in [1.82, 2.24) is 0 Å². The van der Waals surface area contributed by atoms with Gasteiger partial charge in [0, 0.05) is 15.7 Å². The first kappa shape index (κ1) is 12.6. The number of thioether (sulfide) groups is 1. The van der Waals surface area contributed by atoms with Gasteiger partial charge >= 0.3 is 0 Å². The molecule has 0 aliphatic heterocycles. The van der Waals surface area contributed by atoms with Gasteiger partial charge in [0.05, 0.1) is 0 Å². The SMILES string of the molecule is CC(=O)c1cc(F)ccc1SC1CCCCC1. The number of carbonyl (C=O) groups is 1. The molecule has 2 rings (SSSR count). The van der Waals surface area contributed by atoms with Gasteiger partial charge in [-0.2, -0.15) is 0 Å². The van der Waals surface area contributed by atoms with Crippen molar-refractivity contribution in [3.63, 3.8) is 0 Å². The molecule has 0 spiro atoms. The van der Waals surface area contributed by atoms with Crippen LogP contribution in [0.3, 0.4) is 0 Å². The van der Waals surface area contributed by atoms with Crippen molar-refractivity contribution in [1.29, 1.82) is 0 Å². The van der Waals surface area contributed by atoms with Crippen molar-refractivity contribution >= 4 is 17.5 Å². The molecule has 3 heteroatoms. The van der Waals surface area contributed by atoms with Crippen LogP contribution >= 0.6 is 11.8 Å². The Balaban J connectivity index is 2.16. The highest BCUT2D eigenvalue weighted by atomic mass is 32.2. The lowest BCUT2D eigenvalue weighted by molar-refractivity contribution is 0.101. The fourth-order valence-corrected chi connectivity index (χ4v) is 3.65. The number of halogens is 1. The van der Waals surface area contributed by atoms with Gasteiger partial charge in [-0.05, 0) is 38.0 Å². The Morgan fingerprint density at radius 1 is 1.29 bits per heavy atom. The summed E-state index contributed by atoms with van der Waals surface area (Å²) in [4.78, 5) is 12.4. The maximum absolute atomic E-state index is 13.1. The molecule has 0 atom stereocenters. The topological polar surface area (TPSA) is 17.1 Å². The highest BCUT2D eigenvalue weighted by Crippen LogP contribution is 2.35.